The van der Waals surface area contributed by atoms with E-state index in [1.165, 1.54) is 18.5 Å². The summed E-state index contributed by atoms with van der Waals surface area (Å²) in [5, 5.41) is 3.52. The van der Waals surface area contributed by atoms with Crippen LogP contribution in [0.1, 0.15) is 46.2 Å². The van der Waals surface area contributed by atoms with E-state index >= 15 is 0 Å². The molecule has 0 saturated heterocycles. The molecule has 0 radical (unpaired) electrons. The molecule has 1 N–H and O–H groups in total. The Labute approximate surface area is 93.7 Å². The fourth-order valence-electron chi connectivity index (χ4n) is 1.51. The molecule has 2 heteroatoms. The molecule has 1 aromatic heterocycles. The van der Waals surface area contributed by atoms with Crippen molar-refractivity contribution < 1.29 is 0 Å². The van der Waals surface area contributed by atoms with Crippen molar-refractivity contribution in [1.82, 2.24) is 9.88 Å². The predicted molar refractivity (Wildman–Crippen MR) is 65.9 cm³/mol. The van der Waals surface area contributed by atoms with E-state index in [-0.39, 0.29) is 5.54 Å². The average molecular weight is 208 g/mol. The lowest BCUT2D eigenvalue weighted by atomic mass is 10.1. The Balaban J connectivity index is 2.50. The fraction of sp³-hybridized carbons (Fsp3) is 0.692. The van der Waals surface area contributed by atoms with Crippen LogP contribution >= 0.6 is 0 Å². The van der Waals surface area contributed by atoms with Gasteiger partial charge in [0.1, 0.15) is 0 Å². The van der Waals surface area contributed by atoms with Crippen LogP contribution in [0.3, 0.4) is 0 Å². The Kier molecular flexibility index (Phi) is 4.40. The molecule has 0 unspecified atom stereocenters. The van der Waals surface area contributed by atoms with Gasteiger partial charge in [0.25, 0.3) is 0 Å². The molecule has 0 aliphatic rings. The van der Waals surface area contributed by atoms with Crippen LogP contribution in [0.5, 0.6) is 0 Å². The van der Waals surface area contributed by atoms with E-state index in [1.54, 1.807) is 0 Å². The maximum absolute atomic E-state index is 3.52. The van der Waals surface area contributed by atoms with E-state index in [0.29, 0.717) is 0 Å². The summed E-state index contributed by atoms with van der Waals surface area (Å²) in [6.45, 7) is 10.9. The predicted octanol–water partition coefficient (Wildman–Crippen LogP) is 3.18. The van der Waals surface area contributed by atoms with Crippen LogP contribution < -0.4 is 5.32 Å². The van der Waals surface area contributed by atoms with Crippen molar-refractivity contribution in [2.45, 2.75) is 59.2 Å². The maximum Gasteiger partial charge on any atom is 0.0363 e. The first-order valence-corrected chi connectivity index (χ1v) is 5.92. The largest absolute Gasteiger partial charge is 0.350 e. The van der Waals surface area contributed by atoms with E-state index in [0.717, 1.165) is 13.1 Å². The van der Waals surface area contributed by atoms with Gasteiger partial charge in [-0.25, -0.2) is 0 Å². The molecule has 1 aromatic rings. The number of hydrogen-bond acceptors (Lipinski definition) is 1. The average Bonchev–Trinajstić information content (AvgIpc) is 2.57. The van der Waals surface area contributed by atoms with Gasteiger partial charge in [0.05, 0.1) is 0 Å². The number of aromatic nitrogens is 1. The highest BCUT2D eigenvalue weighted by Gasteiger charge is 2.09. The first-order valence-electron chi connectivity index (χ1n) is 5.92. The van der Waals surface area contributed by atoms with Crippen molar-refractivity contribution in [2.75, 3.05) is 0 Å². The van der Waals surface area contributed by atoms with E-state index in [1.807, 2.05) is 0 Å². The van der Waals surface area contributed by atoms with Crippen molar-refractivity contribution in [3.05, 3.63) is 24.0 Å². The summed E-state index contributed by atoms with van der Waals surface area (Å²) in [6, 6.07) is 4.34. The first kappa shape index (κ1) is 12.3. The Morgan fingerprint density at radius 2 is 2.07 bits per heavy atom. The molecule has 0 spiro atoms. The van der Waals surface area contributed by atoms with Crippen LogP contribution in [0.2, 0.25) is 0 Å². The summed E-state index contributed by atoms with van der Waals surface area (Å²) < 4.78 is 2.35. The zero-order valence-corrected chi connectivity index (χ0v) is 10.5. The molecular weight excluding hydrogens is 184 g/mol. The molecule has 86 valence electrons. The minimum absolute atomic E-state index is 0.194. The highest BCUT2D eigenvalue weighted by Crippen LogP contribution is 2.07. The third-order valence-corrected chi connectivity index (χ3v) is 2.48. The summed E-state index contributed by atoms with van der Waals surface area (Å²) in [5.41, 5.74) is 1.58. The molecule has 15 heavy (non-hydrogen) atoms. The van der Waals surface area contributed by atoms with Gasteiger partial charge in [-0.1, -0.05) is 13.3 Å². The third-order valence-electron chi connectivity index (χ3n) is 2.48. The van der Waals surface area contributed by atoms with E-state index in [9.17, 15) is 0 Å². The van der Waals surface area contributed by atoms with E-state index < -0.39 is 0 Å². The normalized spacial score (nSPS) is 12.0. The van der Waals surface area contributed by atoms with Gasteiger partial charge in [0.2, 0.25) is 0 Å². The molecule has 0 aliphatic heterocycles. The summed E-state index contributed by atoms with van der Waals surface area (Å²) in [5.74, 6) is 0. The summed E-state index contributed by atoms with van der Waals surface area (Å²) in [4.78, 5) is 0. The molecule has 1 heterocycles. The fourth-order valence-corrected chi connectivity index (χ4v) is 1.51. The van der Waals surface area contributed by atoms with Crippen LogP contribution in [0.25, 0.3) is 0 Å². The van der Waals surface area contributed by atoms with Gasteiger partial charge in [0.15, 0.2) is 0 Å². The lowest BCUT2D eigenvalue weighted by molar-refractivity contribution is 0.414. The van der Waals surface area contributed by atoms with Crippen molar-refractivity contribution in [2.24, 2.45) is 0 Å². The SMILES string of the molecule is CCCCn1cccc1CNC(C)(C)C. The molecule has 0 amide bonds. The Hall–Kier alpha value is -0.760. The molecule has 0 saturated carbocycles. The number of unbranched alkanes of at least 4 members (excludes halogenated alkanes) is 1. The molecule has 2 nitrogen and oxygen atoms in total. The van der Waals surface area contributed by atoms with Gasteiger partial charge in [-0.15, -0.1) is 0 Å². The number of rotatable bonds is 5. The first-order chi connectivity index (χ1) is 7.03. The van der Waals surface area contributed by atoms with Crippen LogP contribution in [0.4, 0.5) is 0 Å². The van der Waals surface area contributed by atoms with Crippen LogP contribution in [-0.2, 0) is 13.1 Å². The highest BCUT2D eigenvalue weighted by molar-refractivity contribution is 5.07. The summed E-state index contributed by atoms with van der Waals surface area (Å²) in [7, 11) is 0. The third kappa shape index (κ3) is 4.52. The smallest absolute Gasteiger partial charge is 0.0363 e. The molecule has 0 bridgehead atoms. The lowest BCUT2D eigenvalue weighted by Crippen LogP contribution is -2.35. The zero-order valence-electron chi connectivity index (χ0n) is 10.5. The molecular formula is C13H24N2. The molecule has 0 aliphatic carbocycles. The number of hydrogen-bond donors (Lipinski definition) is 1. The summed E-state index contributed by atoms with van der Waals surface area (Å²) in [6.07, 6.45) is 4.69. The van der Waals surface area contributed by atoms with Gasteiger partial charge in [-0.05, 0) is 39.3 Å². The molecule has 0 aromatic carbocycles. The quantitative estimate of drug-likeness (QED) is 0.786. The van der Waals surface area contributed by atoms with Crippen LogP contribution in [-0.4, -0.2) is 10.1 Å². The Morgan fingerprint density at radius 3 is 2.67 bits per heavy atom. The Morgan fingerprint density at radius 1 is 1.33 bits per heavy atom. The second kappa shape index (κ2) is 5.36. The maximum atomic E-state index is 3.52. The lowest BCUT2D eigenvalue weighted by Gasteiger charge is -2.21. The van der Waals surface area contributed by atoms with Gasteiger partial charge >= 0.3 is 0 Å². The molecule has 1 rings (SSSR count). The number of nitrogens with one attached hydrogen (secondary N) is 1. The van der Waals surface area contributed by atoms with Crippen molar-refractivity contribution in [3.8, 4) is 0 Å². The van der Waals surface area contributed by atoms with Crippen molar-refractivity contribution >= 4 is 0 Å². The second-order valence-electron chi connectivity index (χ2n) is 5.15. The van der Waals surface area contributed by atoms with Crippen LogP contribution in [0, 0.1) is 0 Å². The van der Waals surface area contributed by atoms with Gasteiger partial charge in [0, 0.05) is 30.5 Å². The van der Waals surface area contributed by atoms with Crippen molar-refractivity contribution in [3.63, 3.8) is 0 Å². The van der Waals surface area contributed by atoms with E-state index in [2.05, 4.69) is 55.9 Å². The number of aryl methyl sites for hydroxylation is 1. The van der Waals surface area contributed by atoms with Gasteiger partial charge in [-0.2, -0.15) is 0 Å². The number of nitrogens with zero attached hydrogens (tertiary/aromatic N) is 1. The minimum Gasteiger partial charge on any atom is -0.350 e. The Bertz CT molecular complexity index is 281. The zero-order chi connectivity index (χ0) is 11.3. The van der Waals surface area contributed by atoms with Gasteiger partial charge in [-0.3, -0.25) is 0 Å². The monoisotopic (exact) mass is 208 g/mol. The second-order valence-corrected chi connectivity index (χ2v) is 5.15. The van der Waals surface area contributed by atoms with Gasteiger partial charge < -0.3 is 9.88 Å². The highest BCUT2D eigenvalue weighted by atomic mass is 15.0. The van der Waals surface area contributed by atoms with Crippen LogP contribution in [0.15, 0.2) is 18.3 Å². The van der Waals surface area contributed by atoms with Crippen molar-refractivity contribution in [1.29, 1.82) is 0 Å². The van der Waals surface area contributed by atoms with E-state index in [4.69, 9.17) is 0 Å². The minimum atomic E-state index is 0.194. The molecule has 0 fully saturated rings. The topological polar surface area (TPSA) is 17.0 Å². The standard InChI is InChI=1S/C13H24N2/c1-5-6-9-15-10-7-8-12(15)11-14-13(2,3)4/h7-8,10,14H,5-6,9,11H2,1-4H3. The molecule has 0 atom stereocenters. The summed E-state index contributed by atoms with van der Waals surface area (Å²) >= 11 is 0.